The highest BCUT2D eigenvalue weighted by molar-refractivity contribution is 6.91. The lowest BCUT2D eigenvalue weighted by atomic mass is 9.91. The van der Waals surface area contributed by atoms with Gasteiger partial charge < -0.3 is 0 Å². The van der Waals surface area contributed by atoms with Crippen molar-refractivity contribution in [2.45, 2.75) is 45.3 Å². The molecule has 3 aromatic carbocycles. The van der Waals surface area contributed by atoms with Crippen molar-refractivity contribution >= 4 is 24.0 Å². The number of halogens is 1. The summed E-state index contributed by atoms with van der Waals surface area (Å²) in [5, 5.41) is 4.05. The molecule has 1 aliphatic carbocycles. The Morgan fingerprint density at radius 1 is 0.875 bits per heavy atom. The van der Waals surface area contributed by atoms with Gasteiger partial charge in [-0.05, 0) is 53.6 Å². The Bertz CT molecular complexity index is 1340. The molecular formula is C29H31FNSi+. The van der Waals surface area contributed by atoms with E-state index in [9.17, 15) is 0 Å². The summed E-state index contributed by atoms with van der Waals surface area (Å²) in [7, 11) is 0.679. The summed E-state index contributed by atoms with van der Waals surface area (Å²) in [6.45, 7) is 8.96. The maximum Gasteiger partial charge on any atom is 0.220 e. The van der Waals surface area contributed by atoms with Crippen molar-refractivity contribution in [3.63, 3.8) is 0 Å². The second-order valence-electron chi connectivity index (χ2n) is 9.97. The minimum atomic E-state index is -1.41. The molecule has 0 unspecified atom stereocenters. The molecular weight excluding hydrogens is 409 g/mol. The topological polar surface area (TPSA) is 3.88 Å². The van der Waals surface area contributed by atoms with E-state index in [1.807, 2.05) is 50.2 Å². The van der Waals surface area contributed by atoms with Crippen molar-refractivity contribution < 1.29 is 8.96 Å². The number of fused-ring (bicyclic) bond motifs is 1. The van der Waals surface area contributed by atoms with E-state index in [1.54, 1.807) is 5.19 Å². The first-order chi connectivity index (χ1) is 15.3. The molecule has 0 aliphatic heterocycles. The minimum absolute atomic E-state index is 0.125. The first kappa shape index (κ1) is 21.1. The fourth-order valence-electron chi connectivity index (χ4n) is 5.11. The lowest BCUT2D eigenvalue weighted by Gasteiger charge is -2.23. The summed E-state index contributed by atoms with van der Waals surface area (Å²) in [4.78, 5) is 0. The number of benzene rings is 3. The highest BCUT2D eigenvalue weighted by Gasteiger charge is 2.41. The summed E-state index contributed by atoms with van der Waals surface area (Å²) >= 11 is 0. The van der Waals surface area contributed by atoms with Crippen LogP contribution in [0.1, 0.15) is 24.0 Å². The van der Waals surface area contributed by atoms with Crippen LogP contribution < -0.4 is 9.75 Å². The molecule has 0 atom stereocenters. The summed E-state index contributed by atoms with van der Waals surface area (Å²) in [6, 6.07) is 21.2. The monoisotopic (exact) mass is 440 g/mol. The van der Waals surface area contributed by atoms with E-state index in [0.717, 1.165) is 33.5 Å². The highest BCUT2D eigenvalue weighted by Crippen LogP contribution is 2.45. The third-order valence-electron chi connectivity index (χ3n) is 7.64. The quantitative estimate of drug-likeness (QED) is 0.242. The average molecular weight is 441 g/mol. The predicted molar refractivity (Wildman–Crippen MR) is 136 cm³/mol. The molecule has 0 spiro atoms. The van der Waals surface area contributed by atoms with E-state index >= 15 is 4.39 Å². The Morgan fingerprint density at radius 2 is 1.59 bits per heavy atom. The van der Waals surface area contributed by atoms with Crippen molar-refractivity contribution in [2.75, 3.05) is 0 Å². The van der Waals surface area contributed by atoms with Crippen LogP contribution in [0.4, 0.5) is 4.39 Å². The van der Waals surface area contributed by atoms with Crippen LogP contribution in [-0.2, 0) is 7.05 Å². The van der Waals surface area contributed by atoms with Crippen LogP contribution >= 0.6 is 0 Å². The second kappa shape index (κ2) is 7.67. The largest absolute Gasteiger partial charge is 0.220 e. The van der Waals surface area contributed by atoms with Crippen LogP contribution in [0.3, 0.4) is 0 Å². The fourth-order valence-corrected chi connectivity index (χ4v) is 8.23. The lowest BCUT2D eigenvalue weighted by Crippen LogP contribution is -2.41. The molecule has 0 bridgehead atoms. The van der Waals surface area contributed by atoms with Crippen LogP contribution in [0.5, 0.6) is 0 Å². The number of rotatable bonds is 4. The number of hydrogen-bond acceptors (Lipinski definition) is 0. The van der Waals surface area contributed by atoms with Crippen LogP contribution in [0.2, 0.25) is 18.6 Å². The molecule has 1 aromatic heterocycles. The molecule has 5 rings (SSSR count). The van der Waals surface area contributed by atoms with Gasteiger partial charge in [-0.15, -0.1) is 0 Å². The third-order valence-corrected chi connectivity index (χ3v) is 12.1. The van der Waals surface area contributed by atoms with Gasteiger partial charge in [0.2, 0.25) is 5.69 Å². The van der Waals surface area contributed by atoms with E-state index in [1.165, 1.54) is 23.6 Å². The molecule has 1 saturated carbocycles. The second-order valence-corrected chi connectivity index (χ2v) is 14.8. The Morgan fingerprint density at radius 3 is 2.28 bits per heavy atom. The van der Waals surface area contributed by atoms with Gasteiger partial charge in [0.15, 0.2) is 6.20 Å². The number of pyridine rings is 1. The van der Waals surface area contributed by atoms with Gasteiger partial charge in [0.1, 0.15) is 12.9 Å². The Kier molecular flexibility index (Phi) is 5.05. The van der Waals surface area contributed by atoms with Crippen molar-refractivity contribution in [2.24, 2.45) is 7.05 Å². The Balaban J connectivity index is 1.74. The molecule has 0 amide bonds. The summed E-state index contributed by atoms with van der Waals surface area (Å²) in [6.07, 6.45) is 4.93. The van der Waals surface area contributed by atoms with Crippen LogP contribution in [0.15, 0.2) is 66.9 Å². The van der Waals surface area contributed by atoms with Gasteiger partial charge in [0.05, 0.1) is 19.0 Å². The summed E-state index contributed by atoms with van der Waals surface area (Å²) in [5.74, 6) is -0.125. The van der Waals surface area contributed by atoms with E-state index in [4.69, 9.17) is 0 Å². The number of nitrogens with zero attached hydrogens (tertiary/aromatic N) is 1. The van der Waals surface area contributed by atoms with Gasteiger partial charge in [0.25, 0.3) is 0 Å². The SMILES string of the molecule is Cc1c(-c2c3ccc([Si](C)(C)C4CC4)cc3cc[n+]2C)cc(-c2ccccc2)c(F)c1C. The Labute approximate surface area is 191 Å². The van der Waals surface area contributed by atoms with Crippen molar-refractivity contribution in [3.8, 4) is 22.4 Å². The van der Waals surface area contributed by atoms with Crippen molar-refractivity contribution in [1.82, 2.24) is 0 Å². The number of hydrogen-bond donors (Lipinski definition) is 0. The Hall–Kier alpha value is -2.78. The maximum atomic E-state index is 15.3. The lowest BCUT2D eigenvalue weighted by molar-refractivity contribution is -0.659. The zero-order valence-electron chi connectivity index (χ0n) is 19.7. The smallest absolute Gasteiger partial charge is 0.206 e. The molecule has 3 heteroatoms. The van der Waals surface area contributed by atoms with Crippen LogP contribution in [-0.4, -0.2) is 8.07 Å². The van der Waals surface area contributed by atoms with Crippen molar-refractivity contribution in [3.05, 3.63) is 83.8 Å². The van der Waals surface area contributed by atoms with E-state index < -0.39 is 8.07 Å². The molecule has 0 radical (unpaired) electrons. The molecule has 1 nitrogen and oxygen atoms in total. The van der Waals surface area contributed by atoms with Gasteiger partial charge in [-0.1, -0.05) is 73.6 Å². The number of aromatic nitrogens is 1. The summed E-state index contributed by atoms with van der Waals surface area (Å²) in [5.41, 5.74) is 6.48. The van der Waals surface area contributed by atoms with E-state index in [2.05, 4.69) is 55.2 Å². The molecule has 32 heavy (non-hydrogen) atoms. The number of aryl methyl sites for hydroxylation is 1. The third kappa shape index (κ3) is 3.40. The van der Waals surface area contributed by atoms with Crippen LogP contribution in [0, 0.1) is 19.7 Å². The van der Waals surface area contributed by atoms with Gasteiger partial charge in [-0.3, -0.25) is 0 Å². The normalized spacial score (nSPS) is 14.2. The maximum absolute atomic E-state index is 15.3. The minimum Gasteiger partial charge on any atom is -0.206 e. The summed E-state index contributed by atoms with van der Waals surface area (Å²) < 4.78 is 17.5. The van der Waals surface area contributed by atoms with Gasteiger partial charge in [0, 0.05) is 11.6 Å². The zero-order chi connectivity index (χ0) is 22.6. The van der Waals surface area contributed by atoms with Gasteiger partial charge in [-0.2, -0.15) is 0 Å². The first-order valence-electron chi connectivity index (χ1n) is 11.6. The molecule has 1 aliphatic rings. The standard InChI is InChI=1S/C29H31FNSi/c1-19-20(2)28(30)27(21-9-7-6-8-10-21)18-26(19)29-25-14-13-24(32(4,5)23-11-12-23)17-22(25)15-16-31(29)3/h6-10,13-18,23H,11-12H2,1-5H3/q+1. The predicted octanol–water partition coefficient (Wildman–Crippen LogP) is 6.83. The first-order valence-corrected chi connectivity index (χ1v) is 14.6. The van der Waals surface area contributed by atoms with Crippen LogP contribution in [0.25, 0.3) is 33.2 Å². The van der Waals surface area contributed by atoms with Gasteiger partial charge in [-0.25, -0.2) is 8.96 Å². The van der Waals surface area contributed by atoms with E-state index in [-0.39, 0.29) is 5.82 Å². The van der Waals surface area contributed by atoms with Crippen molar-refractivity contribution in [1.29, 1.82) is 0 Å². The molecule has 1 fully saturated rings. The molecule has 0 saturated heterocycles. The fraction of sp³-hybridized carbons (Fsp3) is 0.276. The molecule has 0 N–H and O–H groups in total. The zero-order valence-corrected chi connectivity index (χ0v) is 20.7. The highest BCUT2D eigenvalue weighted by atomic mass is 28.3. The molecule has 162 valence electrons. The van der Waals surface area contributed by atoms with Gasteiger partial charge >= 0.3 is 0 Å². The average Bonchev–Trinajstić information content (AvgIpc) is 3.65. The van der Waals surface area contributed by atoms with E-state index in [0.29, 0.717) is 5.56 Å². The molecule has 4 aromatic rings. The molecule has 1 heterocycles.